The summed E-state index contributed by atoms with van der Waals surface area (Å²) in [6.45, 7) is 6.96. The maximum atomic E-state index is 12.4. The van der Waals surface area contributed by atoms with Crippen molar-refractivity contribution in [2.24, 2.45) is 0 Å². The highest BCUT2D eigenvalue weighted by molar-refractivity contribution is 14.1. The molecule has 5 nitrogen and oxygen atoms in total. The van der Waals surface area contributed by atoms with Gasteiger partial charge in [0.05, 0.1) is 0 Å². The highest BCUT2D eigenvalue weighted by atomic mass is 127. The molecule has 0 atom stereocenters. The molecule has 1 amide bonds. The van der Waals surface area contributed by atoms with Crippen molar-refractivity contribution in [2.75, 3.05) is 6.54 Å². The molecule has 0 radical (unpaired) electrons. The van der Waals surface area contributed by atoms with Crippen LogP contribution in [-0.2, 0) is 17.7 Å². The first-order valence-corrected chi connectivity index (χ1v) is 10.1. The Balaban J connectivity index is 1.62. The second-order valence-corrected chi connectivity index (χ2v) is 9.05. The van der Waals surface area contributed by atoms with E-state index in [1.54, 1.807) is 4.90 Å². The van der Waals surface area contributed by atoms with E-state index in [-0.39, 0.29) is 6.09 Å². The molecule has 0 spiro atoms. The summed E-state index contributed by atoms with van der Waals surface area (Å²) >= 11 is 2.31. The maximum absolute atomic E-state index is 12.4. The molecule has 1 aliphatic heterocycles. The normalized spacial score (nSPS) is 14.3. The molecule has 0 fully saturated rings. The Labute approximate surface area is 172 Å². The topological polar surface area (TPSA) is 58.2 Å². The lowest BCUT2D eigenvalue weighted by Crippen LogP contribution is -2.39. The first kappa shape index (κ1) is 18.3. The number of nitrogens with zero attached hydrogens (tertiary/aromatic N) is 2. The molecule has 0 saturated carbocycles. The third kappa shape index (κ3) is 3.81. The number of fused-ring (bicyclic) bond motifs is 2. The summed E-state index contributed by atoms with van der Waals surface area (Å²) in [5.41, 5.74) is 5.09. The Morgan fingerprint density at radius 3 is 2.81 bits per heavy atom. The quantitative estimate of drug-likeness (QED) is 0.497. The fourth-order valence-electron chi connectivity index (χ4n) is 3.35. The van der Waals surface area contributed by atoms with Crippen molar-refractivity contribution < 1.29 is 9.53 Å². The summed E-state index contributed by atoms with van der Waals surface area (Å²) in [7, 11) is 0. The van der Waals surface area contributed by atoms with Crippen LogP contribution in [0.15, 0.2) is 36.7 Å². The van der Waals surface area contributed by atoms with Gasteiger partial charge in [0, 0.05) is 40.0 Å². The fourth-order valence-corrected chi connectivity index (χ4v) is 3.92. The summed E-state index contributed by atoms with van der Waals surface area (Å²) < 4.78 is 6.69. The van der Waals surface area contributed by atoms with Crippen LogP contribution in [0.1, 0.15) is 31.9 Å². The van der Waals surface area contributed by atoms with Gasteiger partial charge in [-0.15, -0.1) is 0 Å². The van der Waals surface area contributed by atoms with Gasteiger partial charge in [-0.1, -0.05) is 12.1 Å². The Kier molecular flexibility index (Phi) is 4.61. The number of H-pyrrole nitrogens is 1. The minimum Gasteiger partial charge on any atom is -0.444 e. The number of halogens is 1. The minimum absolute atomic E-state index is 0.247. The molecular formula is C21H22IN3O2. The van der Waals surface area contributed by atoms with Crippen LogP contribution in [0.4, 0.5) is 4.79 Å². The predicted octanol–water partition coefficient (Wildman–Crippen LogP) is 5.13. The lowest BCUT2D eigenvalue weighted by atomic mass is 9.95. The van der Waals surface area contributed by atoms with Gasteiger partial charge in [-0.2, -0.15) is 0 Å². The molecule has 1 aliphatic rings. The number of hydrogen-bond donors (Lipinski definition) is 1. The molecule has 27 heavy (non-hydrogen) atoms. The van der Waals surface area contributed by atoms with E-state index in [0.29, 0.717) is 13.1 Å². The number of aromatic amines is 1. The summed E-state index contributed by atoms with van der Waals surface area (Å²) in [6.07, 6.45) is 4.46. The van der Waals surface area contributed by atoms with Crippen molar-refractivity contribution in [3.63, 3.8) is 0 Å². The first-order valence-electron chi connectivity index (χ1n) is 9.03. The second-order valence-electron chi connectivity index (χ2n) is 7.89. The average Bonchev–Trinajstić information content (AvgIpc) is 3.00. The van der Waals surface area contributed by atoms with Crippen molar-refractivity contribution in [1.82, 2.24) is 14.9 Å². The van der Waals surface area contributed by atoms with E-state index in [1.165, 1.54) is 11.1 Å². The summed E-state index contributed by atoms with van der Waals surface area (Å²) in [5.74, 6) is 0. The van der Waals surface area contributed by atoms with Gasteiger partial charge in [0.15, 0.2) is 0 Å². The first-order chi connectivity index (χ1) is 12.8. The van der Waals surface area contributed by atoms with Crippen molar-refractivity contribution in [2.45, 2.75) is 39.3 Å². The number of aromatic nitrogens is 2. The summed E-state index contributed by atoms with van der Waals surface area (Å²) in [6, 6.07) is 8.65. The molecule has 1 aromatic carbocycles. The van der Waals surface area contributed by atoms with E-state index in [9.17, 15) is 4.79 Å². The molecule has 0 saturated heterocycles. The van der Waals surface area contributed by atoms with Crippen LogP contribution in [0.5, 0.6) is 0 Å². The molecular weight excluding hydrogens is 453 g/mol. The minimum atomic E-state index is -0.478. The van der Waals surface area contributed by atoms with Gasteiger partial charge < -0.3 is 14.6 Å². The van der Waals surface area contributed by atoms with Gasteiger partial charge in [-0.25, -0.2) is 9.78 Å². The van der Waals surface area contributed by atoms with E-state index < -0.39 is 5.60 Å². The lowest BCUT2D eigenvalue weighted by Gasteiger charge is -2.31. The zero-order valence-corrected chi connectivity index (χ0v) is 17.8. The molecule has 3 aromatic rings. The van der Waals surface area contributed by atoms with E-state index in [0.717, 1.165) is 32.2 Å². The molecule has 140 valence electrons. The van der Waals surface area contributed by atoms with E-state index in [2.05, 4.69) is 56.8 Å². The zero-order chi connectivity index (χ0) is 19.2. The molecule has 6 heteroatoms. The van der Waals surface area contributed by atoms with Gasteiger partial charge in [0.2, 0.25) is 0 Å². The number of carbonyl (C=O) groups is 1. The average molecular weight is 475 g/mol. The second kappa shape index (κ2) is 6.82. The van der Waals surface area contributed by atoms with E-state index in [1.807, 2.05) is 33.2 Å². The molecule has 0 bridgehead atoms. The third-order valence-electron chi connectivity index (χ3n) is 4.68. The van der Waals surface area contributed by atoms with Gasteiger partial charge in [0.25, 0.3) is 0 Å². The van der Waals surface area contributed by atoms with E-state index in [4.69, 9.17) is 4.74 Å². The van der Waals surface area contributed by atoms with E-state index >= 15 is 0 Å². The van der Waals surface area contributed by atoms with Crippen molar-refractivity contribution in [3.05, 3.63) is 51.4 Å². The molecule has 0 unspecified atom stereocenters. The number of benzene rings is 1. The molecule has 3 heterocycles. The van der Waals surface area contributed by atoms with Gasteiger partial charge in [-0.3, -0.25) is 0 Å². The lowest BCUT2D eigenvalue weighted by molar-refractivity contribution is 0.0224. The number of pyridine rings is 1. The SMILES string of the molecule is CC(C)(C)OC(=O)N1CCc2ccc(-c3cnc4[nH]cc(I)c4c3)cc2C1. The number of ether oxygens (including phenoxy) is 1. The predicted molar refractivity (Wildman–Crippen MR) is 115 cm³/mol. The standard InChI is InChI=1S/C21H22IN3O2/c1-21(2,3)27-20(26)25-7-6-13-4-5-14(8-16(13)12-25)15-9-17-18(22)11-24-19(17)23-10-15/h4-5,8-11H,6-7,12H2,1-3H3,(H,23,24). The van der Waals surface area contributed by atoms with Crippen molar-refractivity contribution >= 4 is 39.7 Å². The summed E-state index contributed by atoms with van der Waals surface area (Å²) in [4.78, 5) is 21.9. The number of amides is 1. The van der Waals surface area contributed by atoms with Crippen LogP contribution in [0.3, 0.4) is 0 Å². The smallest absolute Gasteiger partial charge is 0.410 e. The van der Waals surface area contributed by atoms with Crippen molar-refractivity contribution in [3.8, 4) is 11.1 Å². The Hall–Kier alpha value is -2.09. The number of nitrogens with one attached hydrogen (secondary N) is 1. The van der Waals surface area contributed by atoms with Gasteiger partial charge in [0.1, 0.15) is 11.2 Å². The van der Waals surface area contributed by atoms with Gasteiger partial charge in [-0.05, 0) is 78.6 Å². The zero-order valence-electron chi connectivity index (χ0n) is 15.7. The fraction of sp³-hybridized carbons (Fsp3) is 0.333. The van der Waals surface area contributed by atoms with Crippen molar-refractivity contribution in [1.29, 1.82) is 0 Å². The van der Waals surface area contributed by atoms with Crippen LogP contribution in [-0.4, -0.2) is 33.1 Å². The maximum Gasteiger partial charge on any atom is 0.410 e. The summed E-state index contributed by atoms with van der Waals surface area (Å²) in [5, 5.41) is 1.13. The number of carbonyl (C=O) groups excluding carboxylic acids is 1. The van der Waals surface area contributed by atoms with Crippen LogP contribution in [0.2, 0.25) is 0 Å². The number of rotatable bonds is 1. The van der Waals surface area contributed by atoms with Crippen LogP contribution in [0.25, 0.3) is 22.2 Å². The Morgan fingerprint density at radius 1 is 1.22 bits per heavy atom. The monoisotopic (exact) mass is 475 g/mol. The third-order valence-corrected chi connectivity index (χ3v) is 5.58. The molecule has 0 aliphatic carbocycles. The highest BCUT2D eigenvalue weighted by Gasteiger charge is 2.25. The Bertz CT molecular complexity index is 1020. The molecule has 1 N–H and O–H groups in total. The van der Waals surface area contributed by atoms with Crippen LogP contribution in [0, 0.1) is 3.57 Å². The highest BCUT2D eigenvalue weighted by Crippen LogP contribution is 2.29. The molecule has 4 rings (SSSR count). The van der Waals surface area contributed by atoms with Gasteiger partial charge >= 0.3 is 6.09 Å². The van der Waals surface area contributed by atoms with Crippen LogP contribution >= 0.6 is 22.6 Å². The van der Waals surface area contributed by atoms with Crippen LogP contribution < -0.4 is 0 Å². The Morgan fingerprint density at radius 2 is 2.04 bits per heavy atom. The molecule has 2 aromatic heterocycles. The largest absolute Gasteiger partial charge is 0.444 e. The number of hydrogen-bond acceptors (Lipinski definition) is 3.